The molecule has 0 aliphatic carbocycles. The van der Waals surface area contributed by atoms with Crippen LogP contribution in [0.5, 0.6) is 0 Å². The van der Waals surface area contributed by atoms with Gasteiger partial charge in [0.15, 0.2) is 0 Å². The first-order chi connectivity index (χ1) is 4.86. The number of imidazole rings is 1. The third kappa shape index (κ3) is 0.901. The molecule has 2 aromatic heterocycles. The minimum atomic E-state index is 1.15. The zero-order valence-electron chi connectivity index (χ0n) is 5.16. The van der Waals surface area contributed by atoms with Crippen LogP contribution in [0.25, 0.3) is 5.52 Å². The van der Waals surface area contributed by atoms with Crippen LogP contribution in [-0.4, -0.2) is 9.38 Å². The molecule has 3 heteroatoms. The van der Waals surface area contributed by atoms with E-state index < -0.39 is 0 Å². The summed E-state index contributed by atoms with van der Waals surface area (Å²) in [6, 6.07) is 4.14. The molecular formula is C7H5IN2. The van der Waals surface area contributed by atoms with Crippen LogP contribution in [0, 0.1) is 3.57 Å². The summed E-state index contributed by atoms with van der Waals surface area (Å²) in [6.07, 6.45) is 5.65. The molecule has 0 aliphatic rings. The lowest BCUT2D eigenvalue weighted by Gasteiger charge is -1.91. The molecule has 2 nitrogen and oxygen atoms in total. The molecule has 0 saturated carbocycles. The van der Waals surface area contributed by atoms with Gasteiger partial charge in [0.2, 0.25) is 0 Å². The molecule has 0 bridgehead atoms. The molecule has 2 rings (SSSR count). The Morgan fingerprint density at radius 1 is 1.50 bits per heavy atom. The number of fused-ring (bicyclic) bond motifs is 1. The Labute approximate surface area is 72.0 Å². The van der Waals surface area contributed by atoms with Crippen molar-refractivity contribution in [3.63, 3.8) is 0 Å². The molecule has 0 radical (unpaired) electrons. The Kier molecular flexibility index (Phi) is 1.37. The SMILES string of the molecule is Ic1ccn2cncc2c1. The highest BCUT2D eigenvalue weighted by Gasteiger charge is 1.90. The van der Waals surface area contributed by atoms with Crippen LogP contribution in [0.1, 0.15) is 0 Å². The molecule has 0 N–H and O–H groups in total. The first-order valence-corrected chi connectivity index (χ1v) is 4.01. The summed E-state index contributed by atoms with van der Waals surface area (Å²) >= 11 is 2.28. The Morgan fingerprint density at radius 2 is 2.40 bits per heavy atom. The van der Waals surface area contributed by atoms with Crippen molar-refractivity contribution in [3.05, 3.63) is 34.4 Å². The van der Waals surface area contributed by atoms with Crippen molar-refractivity contribution in [2.75, 3.05) is 0 Å². The fourth-order valence-corrected chi connectivity index (χ4v) is 1.37. The van der Waals surface area contributed by atoms with E-state index in [0.717, 1.165) is 5.52 Å². The van der Waals surface area contributed by atoms with E-state index in [1.54, 1.807) is 6.33 Å². The van der Waals surface area contributed by atoms with Gasteiger partial charge in [0, 0.05) is 9.77 Å². The number of rotatable bonds is 0. The Balaban J connectivity index is 2.86. The van der Waals surface area contributed by atoms with Gasteiger partial charge < -0.3 is 4.40 Å². The maximum absolute atomic E-state index is 4.00. The van der Waals surface area contributed by atoms with Crippen molar-refractivity contribution in [2.24, 2.45) is 0 Å². The van der Waals surface area contributed by atoms with Gasteiger partial charge in [0.25, 0.3) is 0 Å². The lowest BCUT2D eigenvalue weighted by Crippen LogP contribution is -1.80. The summed E-state index contributed by atoms with van der Waals surface area (Å²) in [6.45, 7) is 0. The number of aromatic nitrogens is 2. The fourth-order valence-electron chi connectivity index (χ4n) is 0.892. The van der Waals surface area contributed by atoms with Gasteiger partial charge in [-0.3, -0.25) is 0 Å². The summed E-state index contributed by atoms with van der Waals surface area (Å²) in [5.41, 5.74) is 1.15. The van der Waals surface area contributed by atoms with Crippen LogP contribution >= 0.6 is 22.6 Å². The number of hydrogen-bond acceptors (Lipinski definition) is 1. The minimum absolute atomic E-state index is 1.15. The Morgan fingerprint density at radius 3 is 3.30 bits per heavy atom. The molecule has 10 heavy (non-hydrogen) atoms. The van der Waals surface area contributed by atoms with Gasteiger partial charge in [-0.25, -0.2) is 4.98 Å². The largest absolute Gasteiger partial charge is 0.306 e. The monoisotopic (exact) mass is 244 g/mol. The lowest BCUT2D eigenvalue weighted by atomic mass is 10.4. The molecule has 50 valence electrons. The zero-order chi connectivity index (χ0) is 6.97. The second-order valence-electron chi connectivity index (χ2n) is 2.07. The highest BCUT2D eigenvalue weighted by Crippen LogP contribution is 2.07. The van der Waals surface area contributed by atoms with Gasteiger partial charge >= 0.3 is 0 Å². The van der Waals surface area contributed by atoms with Gasteiger partial charge in [-0.05, 0) is 34.7 Å². The van der Waals surface area contributed by atoms with Crippen molar-refractivity contribution in [1.82, 2.24) is 9.38 Å². The lowest BCUT2D eigenvalue weighted by molar-refractivity contribution is 1.15. The highest BCUT2D eigenvalue weighted by atomic mass is 127. The molecule has 2 aromatic rings. The van der Waals surface area contributed by atoms with Crippen LogP contribution in [0.2, 0.25) is 0 Å². The first-order valence-electron chi connectivity index (χ1n) is 2.93. The smallest absolute Gasteiger partial charge is 0.0991 e. The topological polar surface area (TPSA) is 17.3 Å². The van der Waals surface area contributed by atoms with Crippen LogP contribution in [-0.2, 0) is 0 Å². The van der Waals surface area contributed by atoms with Crippen LogP contribution in [0.3, 0.4) is 0 Å². The van der Waals surface area contributed by atoms with Gasteiger partial charge in [0.05, 0.1) is 18.0 Å². The molecule has 2 heterocycles. The van der Waals surface area contributed by atoms with E-state index in [1.807, 2.05) is 16.8 Å². The molecule has 0 amide bonds. The molecule has 0 saturated heterocycles. The van der Waals surface area contributed by atoms with E-state index in [0.29, 0.717) is 0 Å². The molecule has 0 atom stereocenters. The van der Waals surface area contributed by atoms with Crippen molar-refractivity contribution in [2.45, 2.75) is 0 Å². The zero-order valence-corrected chi connectivity index (χ0v) is 7.32. The normalized spacial score (nSPS) is 10.5. The summed E-state index contributed by atoms with van der Waals surface area (Å²) in [5, 5.41) is 0. The molecular weight excluding hydrogens is 239 g/mol. The average Bonchev–Trinajstić information content (AvgIpc) is 2.33. The summed E-state index contributed by atoms with van der Waals surface area (Å²) in [7, 11) is 0. The van der Waals surface area contributed by atoms with E-state index in [2.05, 4.69) is 39.7 Å². The molecule has 0 unspecified atom stereocenters. The third-order valence-corrected chi connectivity index (χ3v) is 2.05. The van der Waals surface area contributed by atoms with Gasteiger partial charge in [-0.2, -0.15) is 0 Å². The predicted octanol–water partition coefficient (Wildman–Crippen LogP) is 1.94. The summed E-state index contributed by atoms with van der Waals surface area (Å²) < 4.78 is 3.23. The summed E-state index contributed by atoms with van der Waals surface area (Å²) in [4.78, 5) is 4.00. The second kappa shape index (κ2) is 2.23. The van der Waals surface area contributed by atoms with Gasteiger partial charge in [-0.15, -0.1) is 0 Å². The molecule has 0 fully saturated rings. The minimum Gasteiger partial charge on any atom is -0.306 e. The average molecular weight is 244 g/mol. The van der Waals surface area contributed by atoms with Crippen molar-refractivity contribution in [1.29, 1.82) is 0 Å². The van der Waals surface area contributed by atoms with Crippen LogP contribution < -0.4 is 0 Å². The molecule has 0 spiro atoms. The summed E-state index contributed by atoms with van der Waals surface area (Å²) in [5.74, 6) is 0. The van der Waals surface area contributed by atoms with Gasteiger partial charge in [0.1, 0.15) is 0 Å². The fraction of sp³-hybridized carbons (Fsp3) is 0. The van der Waals surface area contributed by atoms with Crippen molar-refractivity contribution >= 4 is 28.1 Å². The third-order valence-electron chi connectivity index (χ3n) is 1.38. The highest BCUT2D eigenvalue weighted by molar-refractivity contribution is 14.1. The Bertz CT molecular complexity index is 353. The van der Waals surface area contributed by atoms with Crippen molar-refractivity contribution in [3.8, 4) is 0 Å². The van der Waals surface area contributed by atoms with E-state index in [1.165, 1.54) is 3.57 Å². The van der Waals surface area contributed by atoms with Crippen LogP contribution in [0.4, 0.5) is 0 Å². The number of nitrogens with zero attached hydrogens (tertiary/aromatic N) is 2. The quantitative estimate of drug-likeness (QED) is 0.647. The first kappa shape index (κ1) is 6.15. The van der Waals surface area contributed by atoms with E-state index in [-0.39, 0.29) is 0 Å². The van der Waals surface area contributed by atoms with Crippen LogP contribution in [0.15, 0.2) is 30.9 Å². The number of halogens is 1. The molecule has 0 aliphatic heterocycles. The van der Waals surface area contributed by atoms with E-state index in [9.17, 15) is 0 Å². The second-order valence-corrected chi connectivity index (χ2v) is 3.32. The van der Waals surface area contributed by atoms with E-state index in [4.69, 9.17) is 0 Å². The van der Waals surface area contributed by atoms with Crippen molar-refractivity contribution < 1.29 is 0 Å². The number of hydrogen-bond donors (Lipinski definition) is 0. The van der Waals surface area contributed by atoms with E-state index >= 15 is 0 Å². The molecule has 0 aromatic carbocycles. The maximum Gasteiger partial charge on any atom is 0.0991 e. The standard InChI is InChI=1S/C7H5IN2/c8-6-1-2-10-5-9-4-7(10)3-6/h1-5H. The predicted molar refractivity (Wildman–Crippen MR) is 47.9 cm³/mol. The Hall–Kier alpha value is -0.580. The number of pyridine rings is 1. The maximum atomic E-state index is 4.00. The van der Waals surface area contributed by atoms with Gasteiger partial charge in [-0.1, -0.05) is 0 Å².